The molecule has 2 amide bonds. The van der Waals surface area contributed by atoms with Crippen molar-refractivity contribution in [1.29, 1.82) is 0 Å². The number of nitrogens with one attached hydrogen (secondary N) is 1. The summed E-state index contributed by atoms with van der Waals surface area (Å²) in [6, 6.07) is 25.5. The van der Waals surface area contributed by atoms with E-state index in [0.717, 1.165) is 21.8 Å². The normalized spacial score (nSPS) is 14.1. The van der Waals surface area contributed by atoms with Crippen LogP contribution in [0.1, 0.15) is 16.1 Å². The third kappa shape index (κ3) is 5.50. The van der Waals surface area contributed by atoms with Crippen molar-refractivity contribution in [2.24, 2.45) is 0 Å². The Kier molecular flexibility index (Phi) is 7.02. The number of para-hydroxylation sites is 1. The molecule has 0 atom stereocenters. The number of thiophene rings is 1. The Morgan fingerprint density at radius 2 is 1.60 bits per heavy atom. The first-order valence-corrected chi connectivity index (χ1v) is 12.6. The van der Waals surface area contributed by atoms with Gasteiger partial charge in [0.1, 0.15) is 11.4 Å². The average Bonchev–Trinajstić information content (AvgIpc) is 3.59. The van der Waals surface area contributed by atoms with Crippen molar-refractivity contribution in [3.8, 4) is 16.3 Å². The number of rotatable bonds is 7. The summed E-state index contributed by atoms with van der Waals surface area (Å²) in [6.07, 6.45) is 0. The summed E-state index contributed by atoms with van der Waals surface area (Å²) in [5, 5.41) is 9.74. The fraction of sp³-hybridized carbons (Fsp3) is 0.222. The van der Waals surface area contributed by atoms with Crippen LogP contribution < -0.4 is 5.32 Å². The van der Waals surface area contributed by atoms with E-state index in [1.54, 1.807) is 16.0 Å². The van der Waals surface area contributed by atoms with E-state index in [-0.39, 0.29) is 11.8 Å². The van der Waals surface area contributed by atoms with Gasteiger partial charge in [-0.3, -0.25) is 14.5 Å². The zero-order valence-corrected chi connectivity index (χ0v) is 20.2. The zero-order valence-electron chi connectivity index (χ0n) is 19.3. The number of hydrogen-bond acceptors (Lipinski definition) is 5. The highest BCUT2D eigenvalue weighted by molar-refractivity contribution is 7.13. The number of benzene rings is 2. The van der Waals surface area contributed by atoms with Crippen LogP contribution in [-0.2, 0) is 11.3 Å². The van der Waals surface area contributed by atoms with Crippen LogP contribution in [0.5, 0.6) is 0 Å². The van der Waals surface area contributed by atoms with Gasteiger partial charge in [0.2, 0.25) is 5.91 Å². The Hall–Kier alpha value is -3.75. The molecule has 0 unspecified atom stereocenters. The standard InChI is InChI=1S/C27H27N5O2S/c33-26(28-19-21-8-3-1-4-9-21)20-30-13-15-31(16-14-30)27(34)24-18-23(25-12-7-17-35-25)29-32(24)22-10-5-2-6-11-22/h1-12,17-18H,13-16,19-20H2,(H,28,33). The monoisotopic (exact) mass is 485 g/mol. The van der Waals surface area contributed by atoms with E-state index in [1.165, 1.54) is 0 Å². The van der Waals surface area contributed by atoms with Crippen LogP contribution in [0.3, 0.4) is 0 Å². The summed E-state index contributed by atoms with van der Waals surface area (Å²) in [5.74, 6) is -0.0475. The van der Waals surface area contributed by atoms with Gasteiger partial charge in [-0.25, -0.2) is 4.68 Å². The van der Waals surface area contributed by atoms with Crippen LogP contribution >= 0.6 is 11.3 Å². The number of nitrogens with zero attached hydrogens (tertiary/aromatic N) is 4. The van der Waals surface area contributed by atoms with Gasteiger partial charge in [-0.15, -0.1) is 11.3 Å². The predicted octanol–water partition coefficient (Wildman–Crippen LogP) is 3.68. The summed E-state index contributed by atoms with van der Waals surface area (Å²) in [4.78, 5) is 30.9. The van der Waals surface area contributed by atoms with Crippen LogP contribution in [0.2, 0.25) is 0 Å². The van der Waals surface area contributed by atoms with Gasteiger partial charge in [-0.05, 0) is 35.2 Å². The minimum Gasteiger partial charge on any atom is -0.351 e. The summed E-state index contributed by atoms with van der Waals surface area (Å²) in [7, 11) is 0. The lowest BCUT2D eigenvalue weighted by molar-refractivity contribution is -0.122. The van der Waals surface area contributed by atoms with Crippen LogP contribution in [0.4, 0.5) is 0 Å². The molecule has 7 nitrogen and oxygen atoms in total. The lowest BCUT2D eigenvalue weighted by atomic mass is 10.2. The lowest BCUT2D eigenvalue weighted by Gasteiger charge is -2.34. The molecule has 178 valence electrons. The van der Waals surface area contributed by atoms with Crippen molar-refractivity contribution in [1.82, 2.24) is 24.9 Å². The van der Waals surface area contributed by atoms with Crippen molar-refractivity contribution in [3.63, 3.8) is 0 Å². The smallest absolute Gasteiger partial charge is 0.272 e. The minimum atomic E-state index is -0.0441. The molecule has 4 aromatic rings. The second-order valence-electron chi connectivity index (χ2n) is 8.47. The molecule has 0 spiro atoms. The van der Waals surface area contributed by atoms with Gasteiger partial charge in [0.25, 0.3) is 5.91 Å². The SMILES string of the molecule is O=C(CN1CCN(C(=O)c2cc(-c3cccs3)nn2-c2ccccc2)CC1)NCc1ccccc1. The molecule has 1 aliphatic heterocycles. The molecule has 0 aliphatic carbocycles. The van der Waals surface area contributed by atoms with Crippen LogP contribution in [0, 0.1) is 0 Å². The molecule has 35 heavy (non-hydrogen) atoms. The molecule has 2 aromatic carbocycles. The van der Waals surface area contributed by atoms with Crippen molar-refractivity contribution in [3.05, 3.63) is 95.5 Å². The van der Waals surface area contributed by atoms with Gasteiger partial charge < -0.3 is 10.2 Å². The molecule has 1 fully saturated rings. The number of amides is 2. The quantitative estimate of drug-likeness (QED) is 0.434. The van der Waals surface area contributed by atoms with E-state index < -0.39 is 0 Å². The van der Waals surface area contributed by atoms with Gasteiger partial charge in [0.15, 0.2) is 0 Å². The molecule has 1 N–H and O–H groups in total. The first-order valence-electron chi connectivity index (χ1n) is 11.7. The lowest BCUT2D eigenvalue weighted by Crippen LogP contribution is -2.51. The largest absolute Gasteiger partial charge is 0.351 e. The Labute approximate surface area is 208 Å². The van der Waals surface area contributed by atoms with E-state index in [1.807, 2.05) is 89.1 Å². The molecule has 2 aromatic heterocycles. The van der Waals surface area contributed by atoms with Gasteiger partial charge in [0, 0.05) is 32.7 Å². The molecule has 0 saturated carbocycles. The highest BCUT2D eigenvalue weighted by Gasteiger charge is 2.27. The number of hydrogen-bond donors (Lipinski definition) is 1. The summed E-state index contributed by atoms with van der Waals surface area (Å²) in [5.41, 5.74) is 3.27. The third-order valence-corrected chi connectivity index (χ3v) is 6.95. The van der Waals surface area contributed by atoms with Crippen LogP contribution in [-0.4, -0.2) is 64.1 Å². The van der Waals surface area contributed by atoms with Gasteiger partial charge >= 0.3 is 0 Å². The summed E-state index contributed by atoms with van der Waals surface area (Å²) < 4.78 is 1.74. The molecule has 0 bridgehead atoms. The summed E-state index contributed by atoms with van der Waals surface area (Å²) >= 11 is 1.60. The van der Waals surface area contributed by atoms with Crippen molar-refractivity contribution in [2.75, 3.05) is 32.7 Å². The number of aromatic nitrogens is 2. The highest BCUT2D eigenvalue weighted by Crippen LogP contribution is 2.26. The number of carbonyl (C=O) groups is 2. The molecular formula is C27H27N5O2S. The molecule has 0 radical (unpaired) electrons. The average molecular weight is 486 g/mol. The molecule has 1 saturated heterocycles. The van der Waals surface area contributed by atoms with Crippen LogP contribution in [0.15, 0.2) is 84.2 Å². The molecule has 8 heteroatoms. The maximum Gasteiger partial charge on any atom is 0.272 e. The Balaban J connectivity index is 1.22. The number of piperazine rings is 1. The fourth-order valence-corrected chi connectivity index (χ4v) is 4.85. The van der Waals surface area contributed by atoms with E-state index in [0.29, 0.717) is 45.0 Å². The maximum atomic E-state index is 13.5. The van der Waals surface area contributed by atoms with Gasteiger partial charge in [-0.2, -0.15) is 5.10 Å². The second kappa shape index (κ2) is 10.7. The number of carbonyl (C=O) groups excluding carboxylic acids is 2. The fourth-order valence-electron chi connectivity index (χ4n) is 4.17. The third-order valence-electron chi connectivity index (χ3n) is 6.06. The van der Waals surface area contributed by atoms with Crippen molar-refractivity contribution >= 4 is 23.2 Å². The predicted molar refractivity (Wildman–Crippen MR) is 138 cm³/mol. The Morgan fingerprint density at radius 1 is 0.886 bits per heavy atom. The van der Waals surface area contributed by atoms with Crippen molar-refractivity contribution in [2.45, 2.75) is 6.54 Å². The van der Waals surface area contributed by atoms with Gasteiger partial charge in [-0.1, -0.05) is 54.6 Å². The highest BCUT2D eigenvalue weighted by atomic mass is 32.1. The zero-order chi connectivity index (χ0) is 24.0. The van der Waals surface area contributed by atoms with Crippen LogP contribution in [0.25, 0.3) is 16.3 Å². The van der Waals surface area contributed by atoms with E-state index in [2.05, 4.69) is 10.2 Å². The topological polar surface area (TPSA) is 70.5 Å². The van der Waals surface area contributed by atoms with E-state index >= 15 is 0 Å². The molecule has 5 rings (SSSR count). The molecule has 3 heterocycles. The van der Waals surface area contributed by atoms with E-state index in [4.69, 9.17) is 5.10 Å². The molecular weight excluding hydrogens is 458 g/mol. The second-order valence-corrected chi connectivity index (χ2v) is 9.42. The Bertz CT molecular complexity index is 1260. The molecule has 1 aliphatic rings. The van der Waals surface area contributed by atoms with Gasteiger partial charge in [0.05, 0.1) is 17.1 Å². The maximum absolute atomic E-state index is 13.5. The van der Waals surface area contributed by atoms with Crippen molar-refractivity contribution < 1.29 is 9.59 Å². The first-order chi connectivity index (χ1) is 17.2. The van der Waals surface area contributed by atoms with E-state index in [9.17, 15) is 9.59 Å². The minimum absolute atomic E-state index is 0.00336. The summed E-state index contributed by atoms with van der Waals surface area (Å²) in [6.45, 7) is 3.30. The Morgan fingerprint density at radius 3 is 2.29 bits per heavy atom. The first kappa shape index (κ1) is 23.0.